The molecule has 0 fully saturated rings. The van der Waals surface area contributed by atoms with Crippen LogP contribution in [0.1, 0.15) is 37.7 Å². The van der Waals surface area contributed by atoms with Crippen LogP contribution in [-0.2, 0) is 20.2 Å². The molecule has 0 saturated carbocycles. The van der Waals surface area contributed by atoms with Crippen LogP contribution in [0.15, 0.2) is 24.4 Å². The molecule has 5 nitrogen and oxygen atoms in total. The van der Waals surface area contributed by atoms with E-state index in [0.29, 0.717) is 6.61 Å². The lowest BCUT2D eigenvalue weighted by Gasteiger charge is -2.20. The number of hydrogen-bond acceptors (Lipinski definition) is 4. The Balaban J connectivity index is 1.89. The molecule has 21 heavy (non-hydrogen) atoms. The Morgan fingerprint density at radius 1 is 1.29 bits per heavy atom. The highest BCUT2D eigenvalue weighted by Crippen LogP contribution is 2.13. The first-order valence-corrected chi connectivity index (χ1v) is 7.16. The first-order chi connectivity index (χ1) is 9.83. The number of pyridine rings is 1. The Labute approximate surface area is 126 Å². The van der Waals surface area contributed by atoms with Crippen LogP contribution < -0.4 is 10.1 Å². The summed E-state index contributed by atoms with van der Waals surface area (Å²) in [7, 11) is 1.87. The second kappa shape index (κ2) is 6.26. The van der Waals surface area contributed by atoms with Crippen molar-refractivity contribution in [2.24, 2.45) is 7.05 Å². The van der Waals surface area contributed by atoms with Crippen molar-refractivity contribution >= 4 is 0 Å². The molecule has 5 heteroatoms. The molecular formula is C16H24N4O. The van der Waals surface area contributed by atoms with Crippen LogP contribution in [-0.4, -0.2) is 20.3 Å². The number of rotatable bonds is 5. The van der Waals surface area contributed by atoms with E-state index in [1.807, 2.05) is 32.3 Å². The third kappa shape index (κ3) is 4.86. The fourth-order valence-electron chi connectivity index (χ4n) is 1.88. The molecule has 2 aromatic rings. The van der Waals surface area contributed by atoms with Crippen LogP contribution >= 0.6 is 0 Å². The lowest BCUT2D eigenvalue weighted by Crippen LogP contribution is -2.35. The Bertz CT molecular complexity index is 581. The van der Waals surface area contributed by atoms with E-state index in [2.05, 4.69) is 42.2 Å². The minimum absolute atomic E-state index is 0.110. The molecule has 2 rings (SSSR count). The van der Waals surface area contributed by atoms with Crippen molar-refractivity contribution in [2.45, 2.75) is 46.4 Å². The summed E-state index contributed by atoms with van der Waals surface area (Å²) in [4.78, 5) is 4.44. The van der Waals surface area contributed by atoms with Crippen LogP contribution in [0.4, 0.5) is 0 Å². The van der Waals surface area contributed by atoms with Crippen molar-refractivity contribution in [3.63, 3.8) is 0 Å². The van der Waals surface area contributed by atoms with E-state index in [4.69, 9.17) is 4.74 Å². The maximum Gasteiger partial charge on any atom is 0.212 e. The van der Waals surface area contributed by atoms with Gasteiger partial charge in [-0.2, -0.15) is 5.10 Å². The zero-order valence-electron chi connectivity index (χ0n) is 13.5. The predicted octanol–water partition coefficient (Wildman–Crippen LogP) is 2.59. The van der Waals surface area contributed by atoms with Crippen molar-refractivity contribution in [1.29, 1.82) is 0 Å². The van der Waals surface area contributed by atoms with Gasteiger partial charge in [-0.1, -0.05) is 6.07 Å². The summed E-state index contributed by atoms with van der Waals surface area (Å²) in [6.07, 6.45) is 1.89. The summed E-state index contributed by atoms with van der Waals surface area (Å²) >= 11 is 0. The van der Waals surface area contributed by atoms with Gasteiger partial charge in [-0.05, 0) is 39.3 Å². The number of nitrogens with zero attached hydrogens (tertiary/aromatic N) is 3. The van der Waals surface area contributed by atoms with E-state index < -0.39 is 0 Å². The summed E-state index contributed by atoms with van der Waals surface area (Å²) in [5, 5.41) is 7.69. The zero-order chi connectivity index (χ0) is 15.5. The normalized spacial score (nSPS) is 11.7. The molecule has 0 aromatic carbocycles. The first kappa shape index (κ1) is 15.5. The van der Waals surface area contributed by atoms with Crippen molar-refractivity contribution in [3.8, 4) is 5.88 Å². The summed E-state index contributed by atoms with van der Waals surface area (Å²) in [6, 6.07) is 6.00. The average molecular weight is 288 g/mol. The lowest BCUT2D eigenvalue weighted by atomic mass is 10.1. The number of nitrogens with one attached hydrogen (secondary N) is 1. The summed E-state index contributed by atoms with van der Waals surface area (Å²) in [5.41, 5.74) is 3.14. The molecule has 0 bridgehead atoms. The second-order valence-electron chi connectivity index (χ2n) is 6.30. The Kier molecular flexibility index (Phi) is 4.63. The quantitative estimate of drug-likeness (QED) is 0.919. The van der Waals surface area contributed by atoms with Gasteiger partial charge in [0.2, 0.25) is 5.88 Å². The number of hydrogen-bond donors (Lipinski definition) is 1. The molecule has 0 unspecified atom stereocenters. The molecule has 0 saturated heterocycles. The van der Waals surface area contributed by atoms with Crippen LogP contribution in [0.3, 0.4) is 0 Å². The van der Waals surface area contributed by atoms with Crippen LogP contribution in [0.2, 0.25) is 0 Å². The number of ether oxygens (including phenoxy) is 1. The van der Waals surface area contributed by atoms with Gasteiger partial charge in [0.05, 0.1) is 11.4 Å². The third-order valence-electron chi connectivity index (χ3n) is 3.04. The largest absolute Gasteiger partial charge is 0.471 e. The Morgan fingerprint density at radius 2 is 2.05 bits per heavy atom. The lowest BCUT2D eigenvalue weighted by molar-refractivity contribution is 0.274. The highest BCUT2D eigenvalue weighted by atomic mass is 16.5. The van der Waals surface area contributed by atoms with E-state index in [1.165, 1.54) is 5.56 Å². The first-order valence-electron chi connectivity index (χ1n) is 7.16. The van der Waals surface area contributed by atoms with E-state index >= 15 is 0 Å². The Morgan fingerprint density at radius 3 is 2.57 bits per heavy atom. The topological polar surface area (TPSA) is 52.0 Å². The van der Waals surface area contributed by atoms with Gasteiger partial charge in [0.25, 0.3) is 0 Å². The molecule has 0 atom stereocenters. The number of aromatic nitrogens is 3. The van der Waals surface area contributed by atoms with Gasteiger partial charge in [-0.3, -0.25) is 4.98 Å². The van der Waals surface area contributed by atoms with Gasteiger partial charge in [-0.25, -0.2) is 4.68 Å². The highest BCUT2D eigenvalue weighted by Gasteiger charge is 2.08. The SMILES string of the molecule is Cc1cc(OCc2ccc(CNC(C)(C)C)cn2)n(C)n1. The molecule has 2 aromatic heterocycles. The second-order valence-corrected chi connectivity index (χ2v) is 6.30. The van der Waals surface area contributed by atoms with Gasteiger partial charge in [-0.15, -0.1) is 0 Å². The van der Waals surface area contributed by atoms with E-state index in [9.17, 15) is 0 Å². The molecule has 2 heterocycles. The molecule has 0 aliphatic heterocycles. The average Bonchev–Trinajstić information content (AvgIpc) is 2.73. The van der Waals surface area contributed by atoms with Gasteiger partial charge < -0.3 is 10.1 Å². The van der Waals surface area contributed by atoms with Crippen molar-refractivity contribution in [1.82, 2.24) is 20.1 Å². The molecule has 1 N–H and O–H groups in total. The standard InChI is InChI=1S/C16H24N4O/c1-12-8-15(20(5)19-12)21-11-14-7-6-13(9-17-14)10-18-16(2,3)4/h6-9,18H,10-11H2,1-5H3. The molecule has 0 aliphatic carbocycles. The Hall–Kier alpha value is -1.88. The smallest absolute Gasteiger partial charge is 0.212 e. The fourth-order valence-corrected chi connectivity index (χ4v) is 1.88. The van der Waals surface area contributed by atoms with Gasteiger partial charge in [0.15, 0.2) is 0 Å². The van der Waals surface area contributed by atoms with Crippen molar-refractivity contribution in [3.05, 3.63) is 41.3 Å². The van der Waals surface area contributed by atoms with Gasteiger partial charge in [0.1, 0.15) is 6.61 Å². The number of aryl methyl sites for hydroxylation is 2. The summed E-state index contributed by atoms with van der Waals surface area (Å²) in [6.45, 7) is 9.67. The summed E-state index contributed by atoms with van der Waals surface area (Å²) < 4.78 is 7.45. The van der Waals surface area contributed by atoms with Gasteiger partial charge >= 0.3 is 0 Å². The van der Waals surface area contributed by atoms with E-state index in [-0.39, 0.29) is 5.54 Å². The predicted molar refractivity (Wildman–Crippen MR) is 83.1 cm³/mol. The van der Waals surface area contributed by atoms with E-state index in [1.54, 1.807) is 4.68 Å². The fraction of sp³-hybridized carbons (Fsp3) is 0.500. The molecule has 0 aliphatic rings. The van der Waals surface area contributed by atoms with Crippen LogP contribution in [0, 0.1) is 6.92 Å². The molecule has 114 valence electrons. The molecule has 0 radical (unpaired) electrons. The summed E-state index contributed by atoms with van der Waals surface area (Å²) in [5.74, 6) is 0.757. The molecule has 0 spiro atoms. The molecular weight excluding hydrogens is 264 g/mol. The minimum atomic E-state index is 0.110. The van der Waals surface area contributed by atoms with Crippen molar-refractivity contribution < 1.29 is 4.74 Å². The monoisotopic (exact) mass is 288 g/mol. The van der Waals surface area contributed by atoms with E-state index in [0.717, 1.165) is 23.8 Å². The maximum absolute atomic E-state index is 5.72. The highest BCUT2D eigenvalue weighted by molar-refractivity contribution is 5.17. The minimum Gasteiger partial charge on any atom is -0.471 e. The van der Waals surface area contributed by atoms with Crippen molar-refractivity contribution in [2.75, 3.05) is 0 Å². The zero-order valence-corrected chi connectivity index (χ0v) is 13.5. The van der Waals surface area contributed by atoms with Gasteiger partial charge in [0, 0.05) is 31.4 Å². The van der Waals surface area contributed by atoms with Crippen LogP contribution in [0.25, 0.3) is 0 Å². The third-order valence-corrected chi connectivity index (χ3v) is 3.04. The molecule has 0 amide bonds. The van der Waals surface area contributed by atoms with Crippen LogP contribution in [0.5, 0.6) is 5.88 Å². The maximum atomic E-state index is 5.72.